The third-order valence-electron chi connectivity index (χ3n) is 7.04. The van der Waals surface area contributed by atoms with E-state index in [4.69, 9.17) is 5.73 Å². The first kappa shape index (κ1) is 21.2. The molecular formula is C32H25NS2. The van der Waals surface area contributed by atoms with Gasteiger partial charge in [-0.2, -0.15) is 23.5 Å². The van der Waals surface area contributed by atoms with Crippen molar-refractivity contribution >= 4 is 61.5 Å². The molecule has 0 amide bonds. The molecule has 0 aliphatic carbocycles. The summed E-state index contributed by atoms with van der Waals surface area (Å²) in [5.41, 5.74) is 15.2. The molecule has 1 aliphatic heterocycles. The molecule has 1 heterocycles. The second kappa shape index (κ2) is 8.51. The monoisotopic (exact) mass is 487 g/mol. The van der Waals surface area contributed by atoms with E-state index in [2.05, 4.69) is 91.0 Å². The van der Waals surface area contributed by atoms with Crippen LogP contribution in [0.1, 0.15) is 22.3 Å². The third kappa shape index (κ3) is 3.84. The van der Waals surface area contributed by atoms with Crippen LogP contribution in [0.5, 0.6) is 0 Å². The highest BCUT2D eigenvalue weighted by Crippen LogP contribution is 2.40. The van der Waals surface area contributed by atoms with Gasteiger partial charge in [-0.05, 0) is 77.8 Å². The molecule has 0 radical (unpaired) electrons. The quantitative estimate of drug-likeness (QED) is 0.185. The minimum Gasteiger partial charge on any atom is -0.399 e. The summed E-state index contributed by atoms with van der Waals surface area (Å²) in [6.45, 7) is 0. The number of benzene rings is 6. The Balaban J connectivity index is 1.35. The van der Waals surface area contributed by atoms with E-state index in [1.165, 1.54) is 65.7 Å². The first-order chi connectivity index (χ1) is 17.2. The van der Waals surface area contributed by atoms with Crippen LogP contribution in [-0.4, -0.2) is 0 Å². The maximum Gasteiger partial charge on any atom is 0.0320 e. The standard InChI is InChI=1S/C32H25NS2/c33-28-14-22-11-23(15-28)19-35-17-21-10-20(16-34-18-22)12-27(13-21)29-8-6-26-5-4-24-2-1-3-25-7-9-30(29)32(26)31(24)25/h1-15H,16-19,33H2. The van der Waals surface area contributed by atoms with Gasteiger partial charge in [0, 0.05) is 28.7 Å². The maximum atomic E-state index is 6.17. The van der Waals surface area contributed by atoms with Crippen molar-refractivity contribution in [2.75, 3.05) is 5.73 Å². The molecule has 4 bridgehead atoms. The molecule has 7 rings (SSSR count). The van der Waals surface area contributed by atoms with Gasteiger partial charge in [0.1, 0.15) is 0 Å². The summed E-state index contributed by atoms with van der Waals surface area (Å²) in [6.07, 6.45) is 0. The van der Waals surface area contributed by atoms with E-state index in [0.29, 0.717) is 0 Å². The van der Waals surface area contributed by atoms with Crippen LogP contribution in [0.25, 0.3) is 43.4 Å². The fourth-order valence-electron chi connectivity index (χ4n) is 5.60. The van der Waals surface area contributed by atoms with Crippen LogP contribution in [0, 0.1) is 0 Å². The molecule has 1 aliphatic rings. The van der Waals surface area contributed by atoms with Crippen LogP contribution in [0.4, 0.5) is 5.69 Å². The molecular weight excluding hydrogens is 462 g/mol. The largest absolute Gasteiger partial charge is 0.399 e. The summed E-state index contributed by atoms with van der Waals surface area (Å²) in [5, 5.41) is 8.07. The lowest BCUT2D eigenvalue weighted by atomic mass is 9.89. The zero-order valence-electron chi connectivity index (χ0n) is 19.4. The Hall–Kier alpha value is -3.14. The van der Waals surface area contributed by atoms with Gasteiger partial charge >= 0.3 is 0 Å². The number of hydrogen-bond acceptors (Lipinski definition) is 3. The van der Waals surface area contributed by atoms with E-state index < -0.39 is 0 Å². The smallest absolute Gasteiger partial charge is 0.0320 e. The molecule has 0 atom stereocenters. The van der Waals surface area contributed by atoms with Gasteiger partial charge in [-0.25, -0.2) is 0 Å². The van der Waals surface area contributed by atoms with E-state index >= 15 is 0 Å². The van der Waals surface area contributed by atoms with Crippen molar-refractivity contribution in [3.63, 3.8) is 0 Å². The van der Waals surface area contributed by atoms with Crippen LogP contribution in [-0.2, 0) is 23.0 Å². The lowest BCUT2D eigenvalue weighted by Gasteiger charge is -2.16. The number of rotatable bonds is 1. The van der Waals surface area contributed by atoms with Crippen LogP contribution in [0.2, 0.25) is 0 Å². The molecule has 0 saturated heterocycles. The molecule has 0 fully saturated rings. The van der Waals surface area contributed by atoms with Gasteiger partial charge in [-0.1, -0.05) is 78.9 Å². The summed E-state index contributed by atoms with van der Waals surface area (Å²) in [4.78, 5) is 0. The lowest BCUT2D eigenvalue weighted by molar-refractivity contribution is 1.28. The molecule has 6 aromatic rings. The molecule has 35 heavy (non-hydrogen) atoms. The molecule has 0 spiro atoms. The number of thioether (sulfide) groups is 2. The summed E-state index contributed by atoms with van der Waals surface area (Å²) >= 11 is 3.94. The minimum atomic E-state index is 0.880. The average molecular weight is 488 g/mol. The lowest BCUT2D eigenvalue weighted by Crippen LogP contribution is -1.95. The molecule has 3 heteroatoms. The van der Waals surface area contributed by atoms with Crippen LogP contribution in [0.15, 0.2) is 91.0 Å². The van der Waals surface area contributed by atoms with E-state index in [-0.39, 0.29) is 0 Å². The van der Waals surface area contributed by atoms with Crippen molar-refractivity contribution in [2.45, 2.75) is 23.0 Å². The first-order valence-corrected chi connectivity index (χ1v) is 14.4. The highest BCUT2D eigenvalue weighted by atomic mass is 32.2. The average Bonchev–Trinajstić information content (AvgIpc) is 2.86. The van der Waals surface area contributed by atoms with Gasteiger partial charge in [-0.15, -0.1) is 0 Å². The summed E-state index contributed by atoms with van der Waals surface area (Å²) in [5.74, 6) is 3.98. The Morgan fingerprint density at radius 1 is 0.514 bits per heavy atom. The Bertz CT molecular complexity index is 1660. The van der Waals surface area contributed by atoms with E-state index in [9.17, 15) is 0 Å². The van der Waals surface area contributed by atoms with Crippen LogP contribution < -0.4 is 5.73 Å². The molecule has 1 nitrogen and oxygen atoms in total. The van der Waals surface area contributed by atoms with Crippen LogP contribution in [0.3, 0.4) is 0 Å². The van der Waals surface area contributed by atoms with E-state index in [1.807, 2.05) is 23.5 Å². The van der Waals surface area contributed by atoms with Gasteiger partial charge in [0.25, 0.3) is 0 Å². The summed E-state index contributed by atoms with van der Waals surface area (Å²) < 4.78 is 0. The molecule has 170 valence electrons. The Kier molecular flexibility index (Phi) is 5.15. The summed E-state index contributed by atoms with van der Waals surface area (Å²) in [6, 6.07) is 34.2. The second-order valence-electron chi connectivity index (χ2n) is 9.58. The molecule has 6 aromatic carbocycles. The van der Waals surface area contributed by atoms with Gasteiger partial charge in [0.15, 0.2) is 0 Å². The molecule has 0 aromatic heterocycles. The van der Waals surface area contributed by atoms with Gasteiger partial charge in [0.05, 0.1) is 0 Å². The van der Waals surface area contributed by atoms with Crippen molar-refractivity contribution < 1.29 is 0 Å². The SMILES string of the molecule is Nc1cc2cc(c1)CSCc1cc(cc(-c3ccc4ccc5cccc6ccc3c4c56)c1)CSC2. The fourth-order valence-corrected chi connectivity index (χ4v) is 7.42. The van der Waals surface area contributed by atoms with Crippen LogP contribution >= 0.6 is 23.5 Å². The van der Waals surface area contributed by atoms with Crippen molar-refractivity contribution in [2.24, 2.45) is 0 Å². The van der Waals surface area contributed by atoms with E-state index in [0.717, 1.165) is 28.7 Å². The Labute approximate surface area is 214 Å². The van der Waals surface area contributed by atoms with Gasteiger partial charge in [-0.3, -0.25) is 0 Å². The molecule has 0 saturated carbocycles. The highest BCUT2D eigenvalue weighted by Gasteiger charge is 2.14. The summed E-state index contributed by atoms with van der Waals surface area (Å²) in [7, 11) is 0. The molecule has 0 unspecified atom stereocenters. The third-order valence-corrected chi connectivity index (χ3v) is 9.19. The van der Waals surface area contributed by atoms with Crippen molar-refractivity contribution in [3.8, 4) is 11.1 Å². The minimum absolute atomic E-state index is 0.880. The van der Waals surface area contributed by atoms with Crippen molar-refractivity contribution in [3.05, 3.63) is 113 Å². The zero-order valence-corrected chi connectivity index (χ0v) is 21.0. The van der Waals surface area contributed by atoms with Crippen molar-refractivity contribution in [1.82, 2.24) is 0 Å². The number of nitrogen functional groups attached to an aromatic ring is 1. The number of nitrogens with two attached hydrogens (primary N) is 1. The number of hydrogen-bond donors (Lipinski definition) is 1. The first-order valence-electron chi connectivity index (χ1n) is 12.0. The second-order valence-corrected chi connectivity index (χ2v) is 11.5. The predicted molar refractivity (Wildman–Crippen MR) is 156 cm³/mol. The van der Waals surface area contributed by atoms with Gasteiger partial charge in [0.2, 0.25) is 0 Å². The van der Waals surface area contributed by atoms with E-state index in [1.54, 1.807) is 0 Å². The van der Waals surface area contributed by atoms with Crippen molar-refractivity contribution in [1.29, 1.82) is 0 Å². The topological polar surface area (TPSA) is 26.0 Å². The fraction of sp³-hybridized carbons (Fsp3) is 0.125. The normalized spacial score (nSPS) is 14.3. The highest BCUT2D eigenvalue weighted by molar-refractivity contribution is 7.98. The predicted octanol–water partition coefficient (Wildman–Crippen LogP) is 9.01. The number of fused-ring (bicyclic) bond motifs is 4. The Morgan fingerprint density at radius 2 is 1.03 bits per heavy atom. The van der Waals surface area contributed by atoms with Gasteiger partial charge < -0.3 is 5.73 Å². The maximum absolute atomic E-state index is 6.17. The zero-order chi connectivity index (χ0) is 23.4. The molecule has 2 N–H and O–H groups in total. The number of anilines is 1. The Morgan fingerprint density at radius 3 is 1.66 bits per heavy atom.